The summed E-state index contributed by atoms with van der Waals surface area (Å²) in [6.07, 6.45) is 7.48. The van der Waals surface area contributed by atoms with E-state index in [9.17, 15) is 0 Å². The summed E-state index contributed by atoms with van der Waals surface area (Å²) in [5.41, 5.74) is 2.26. The topological polar surface area (TPSA) is 56.3 Å². The summed E-state index contributed by atoms with van der Waals surface area (Å²) in [4.78, 5) is 8.67. The van der Waals surface area contributed by atoms with Gasteiger partial charge in [0.2, 0.25) is 5.88 Å². The molecule has 1 aliphatic carbocycles. The largest absolute Gasteiger partial charge is 0.474 e. The highest BCUT2D eigenvalue weighted by Gasteiger charge is 2.25. The van der Waals surface area contributed by atoms with Gasteiger partial charge in [0.05, 0.1) is 11.8 Å². The first kappa shape index (κ1) is 12.8. The number of nitrogens with zero attached hydrogens (tertiary/aromatic N) is 2. The zero-order chi connectivity index (χ0) is 13.1. The molecule has 3 rings (SSSR count). The van der Waals surface area contributed by atoms with E-state index in [0.29, 0.717) is 6.10 Å². The molecule has 2 heterocycles. The zero-order valence-electron chi connectivity index (χ0n) is 11.4. The molecule has 0 saturated heterocycles. The molecule has 5 nitrogen and oxygen atoms in total. The lowest BCUT2D eigenvalue weighted by molar-refractivity contribution is 0.0190. The van der Waals surface area contributed by atoms with Crippen molar-refractivity contribution in [3.63, 3.8) is 0 Å². The van der Waals surface area contributed by atoms with Crippen molar-refractivity contribution in [1.29, 1.82) is 0 Å². The Morgan fingerprint density at radius 3 is 3.05 bits per heavy atom. The smallest absolute Gasteiger partial charge is 0.221 e. The molecule has 0 aromatic carbocycles. The van der Waals surface area contributed by atoms with E-state index in [1.165, 1.54) is 0 Å². The van der Waals surface area contributed by atoms with Gasteiger partial charge in [-0.15, -0.1) is 0 Å². The van der Waals surface area contributed by atoms with Gasteiger partial charge in [-0.3, -0.25) is 0 Å². The number of aromatic nitrogens is 2. The van der Waals surface area contributed by atoms with Crippen LogP contribution in [0, 0.1) is 0 Å². The van der Waals surface area contributed by atoms with E-state index in [0.717, 1.165) is 62.3 Å². The van der Waals surface area contributed by atoms with Gasteiger partial charge >= 0.3 is 0 Å². The summed E-state index contributed by atoms with van der Waals surface area (Å²) in [6.45, 7) is 1.80. The van der Waals surface area contributed by atoms with Crippen molar-refractivity contribution in [1.82, 2.24) is 15.3 Å². The van der Waals surface area contributed by atoms with Crippen LogP contribution in [0.4, 0.5) is 0 Å². The lowest BCUT2D eigenvalue weighted by Crippen LogP contribution is -2.31. The molecule has 0 amide bonds. The lowest BCUT2D eigenvalue weighted by Gasteiger charge is -2.29. The maximum absolute atomic E-state index is 6.11. The van der Waals surface area contributed by atoms with Crippen LogP contribution in [0.25, 0.3) is 0 Å². The molecule has 1 aromatic rings. The molecule has 0 radical (unpaired) electrons. The standard InChI is InChI=1S/C14H21N3O2/c1-18-10-3-2-4-11(7-10)19-14-12-8-15-6-5-13(12)16-9-17-14/h9-11,15H,2-8H2,1H3. The van der Waals surface area contributed by atoms with Crippen LogP contribution in [0.5, 0.6) is 5.88 Å². The minimum atomic E-state index is 0.222. The van der Waals surface area contributed by atoms with Crippen LogP contribution >= 0.6 is 0 Å². The Hall–Kier alpha value is -1.20. The number of methoxy groups -OCH3 is 1. The highest BCUT2D eigenvalue weighted by Crippen LogP contribution is 2.27. The second-order valence-electron chi connectivity index (χ2n) is 5.30. The number of hydrogen-bond acceptors (Lipinski definition) is 5. The van der Waals surface area contributed by atoms with Crippen molar-refractivity contribution in [3.8, 4) is 5.88 Å². The molecular weight excluding hydrogens is 242 g/mol. The Morgan fingerprint density at radius 1 is 1.26 bits per heavy atom. The van der Waals surface area contributed by atoms with E-state index in [4.69, 9.17) is 9.47 Å². The Labute approximate surface area is 113 Å². The van der Waals surface area contributed by atoms with Gasteiger partial charge in [0.1, 0.15) is 12.4 Å². The van der Waals surface area contributed by atoms with Gasteiger partial charge in [0.15, 0.2) is 0 Å². The van der Waals surface area contributed by atoms with Crippen LogP contribution in [0.3, 0.4) is 0 Å². The van der Waals surface area contributed by atoms with E-state index in [2.05, 4.69) is 15.3 Å². The first-order valence-corrected chi connectivity index (χ1v) is 7.09. The molecule has 0 bridgehead atoms. The molecule has 1 aliphatic heterocycles. The molecule has 5 heteroatoms. The number of rotatable bonds is 3. The van der Waals surface area contributed by atoms with Crippen molar-refractivity contribution in [2.45, 2.75) is 50.9 Å². The molecule has 104 valence electrons. The van der Waals surface area contributed by atoms with Crippen LogP contribution < -0.4 is 10.1 Å². The van der Waals surface area contributed by atoms with Crippen LogP contribution in [0.15, 0.2) is 6.33 Å². The molecule has 1 N–H and O–H groups in total. The summed E-state index contributed by atoms with van der Waals surface area (Å²) in [5.74, 6) is 0.763. The fraction of sp³-hybridized carbons (Fsp3) is 0.714. The first-order chi connectivity index (χ1) is 9.36. The van der Waals surface area contributed by atoms with Gasteiger partial charge in [-0.2, -0.15) is 0 Å². The van der Waals surface area contributed by atoms with Gasteiger partial charge in [0, 0.05) is 38.6 Å². The van der Waals surface area contributed by atoms with Crippen LogP contribution in [-0.2, 0) is 17.7 Å². The number of fused-ring (bicyclic) bond motifs is 1. The second kappa shape index (κ2) is 5.84. The van der Waals surface area contributed by atoms with Crippen molar-refractivity contribution in [2.24, 2.45) is 0 Å². The van der Waals surface area contributed by atoms with Crippen LogP contribution in [0.1, 0.15) is 36.9 Å². The van der Waals surface area contributed by atoms with E-state index < -0.39 is 0 Å². The molecule has 2 aliphatic rings. The third kappa shape index (κ3) is 2.87. The normalized spacial score (nSPS) is 26.8. The predicted octanol–water partition coefficient (Wildman–Crippen LogP) is 1.46. The first-order valence-electron chi connectivity index (χ1n) is 7.09. The predicted molar refractivity (Wildman–Crippen MR) is 71.1 cm³/mol. The quantitative estimate of drug-likeness (QED) is 0.894. The average Bonchev–Trinajstić information content (AvgIpc) is 2.48. The van der Waals surface area contributed by atoms with Gasteiger partial charge < -0.3 is 14.8 Å². The minimum Gasteiger partial charge on any atom is -0.474 e. The van der Waals surface area contributed by atoms with E-state index in [1.54, 1.807) is 13.4 Å². The van der Waals surface area contributed by atoms with Crippen LogP contribution in [-0.4, -0.2) is 35.8 Å². The van der Waals surface area contributed by atoms with Crippen molar-refractivity contribution >= 4 is 0 Å². The lowest BCUT2D eigenvalue weighted by atomic mass is 9.95. The fourth-order valence-corrected chi connectivity index (χ4v) is 2.93. The second-order valence-corrected chi connectivity index (χ2v) is 5.30. The SMILES string of the molecule is COC1CCCC(Oc2ncnc3c2CNCC3)C1. The summed E-state index contributed by atoms with van der Waals surface area (Å²) in [5, 5.41) is 3.35. The average molecular weight is 263 g/mol. The Morgan fingerprint density at radius 2 is 2.16 bits per heavy atom. The molecule has 1 aromatic heterocycles. The van der Waals surface area contributed by atoms with E-state index >= 15 is 0 Å². The summed E-state index contributed by atoms with van der Waals surface area (Å²) < 4.78 is 11.6. The molecule has 2 unspecified atom stereocenters. The van der Waals surface area contributed by atoms with Crippen LogP contribution in [0.2, 0.25) is 0 Å². The van der Waals surface area contributed by atoms with Gasteiger partial charge in [-0.25, -0.2) is 9.97 Å². The molecule has 1 saturated carbocycles. The minimum absolute atomic E-state index is 0.222. The maximum atomic E-state index is 6.11. The Balaban J connectivity index is 1.72. The summed E-state index contributed by atoms with van der Waals surface area (Å²) >= 11 is 0. The highest BCUT2D eigenvalue weighted by atomic mass is 16.5. The monoisotopic (exact) mass is 263 g/mol. The maximum Gasteiger partial charge on any atom is 0.221 e. The van der Waals surface area contributed by atoms with E-state index in [1.807, 2.05) is 0 Å². The number of hydrogen-bond donors (Lipinski definition) is 1. The van der Waals surface area contributed by atoms with Gasteiger partial charge in [-0.1, -0.05) is 0 Å². The molecule has 2 atom stereocenters. The van der Waals surface area contributed by atoms with Gasteiger partial charge in [0.25, 0.3) is 0 Å². The zero-order valence-corrected chi connectivity index (χ0v) is 11.4. The number of ether oxygens (including phenoxy) is 2. The van der Waals surface area contributed by atoms with Crippen molar-refractivity contribution in [3.05, 3.63) is 17.6 Å². The number of nitrogens with one attached hydrogen (secondary N) is 1. The third-order valence-corrected chi connectivity index (χ3v) is 4.03. The Kier molecular flexibility index (Phi) is 3.94. The third-order valence-electron chi connectivity index (χ3n) is 4.03. The molecular formula is C14H21N3O2. The molecule has 0 spiro atoms. The van der Waals surface area contributed by atoms with Crippen molar-refractivity contribution < 1.29 is 9.47 Å². The van der Waals surface area contributed by atoms with Crippen molar-refractivity contribution in [2.75, 3.05) is 13.7 Å². The fourth-order valence-electron chi connectivity index (χ4n) is 2.93. The Bertz CT molecular complexity index is 439. The molecule has 19 heavy (non-hydrogen) atoms. The molecule has 1 fully saturated rings. The summed E-state index contributed by atoms with van der Waals surface area (Å²) in [7, 11) is 1.78. The van der Waals surface area contributed by atoms with E-state index in [-0.39, 0.29) is 6.10 Å². The van der Waals surface area contributed by atoms with Gasteiger partial charge in [-0.05, 0) is 19.3 Å². The summed E-state index contributed by atoms with van der Waals surface area (Å²) in [6, 6.07) is 0. The highest BCUT2D eigenvalue weighted by molar-refractivity contribution is 5.31.